The molecule has 0 aromatic heterocycles. The van der Waals surface area contributed by atoms with Crippen LogP contribution in [0.1, 0.15) is 51.9 Å². The summed E-state index contributed by atoms with van der Waals surface area (Å²) in [6.45, 7) is 3.35. The number of guanidine groups is 1. The standard InChI is InChI=1S/C16H29N3O2/c1-3-21-15(20)13-6-8-14(9-7-13)19-16(17-2)18-11-10-12-4-5-12/h12-14H,3-11H2,1-2H3,(H2,17,18,19). The topological polar surface area (TPSA) is 62.7 Å². The number of esters is 1. The number of ether oxygens (including phenoxy) is 1. The Kier molecular flexibility index (Phi) is 6.33. The Labute approximate surface area is 127 Å². The molecule has 0 heterocycles. The zero-order valence-corrected chi connectivity index (χ0v) is 13.4. The lowest BCUT2D eigenvalue weighted by Gasteiger charge is -2.29. The Morgan fingerprint density at radius 3 is 2.48 bits per heavy atom. The largest absolute Gasteiger partial charge is 0.466 e. The van der Waals surface area contributed by atoms with Crippen LogP contribution < -0.4 is 10.6 Å². The number of hydrogen-bond acceptors (Lipinski definition) is 3. The van der Waals surface area contributed by atoms with Crippen molar-refractivity contribution in [2.75, 3.05) is 20.2 Å². The quantitative estimate of drug-likeness (QED) is 0.447. The van der Waals surface area contributed by atoms with Crippen molar-refractivity contribution in [2.24, 2.45) is 16.8 Å². The van der Waals surface area contributed by atoms with Gasteiger partial charge in [-0.15, -0.1) is 0 Å². The number of rotatable bonds is 6. The molecule has 2 fully saturated rings. The van der Waals surface area contributed by atoms with Crippen molar-refractivity contribution in [1.82, 2.24) is 10.6 Å². The van der Waals surface area contributed by atoms with Gasteiger partial charge in [-0.1, -0.05) is 12.8 Å². The molecule has 0 amide bonds. The number of hydrogen-bond donors (Lipinski definition) is 2. The van der Waals surface area contributed by atoms with E-state index in [0.29, 0.717) is 12.6 Å². The van der Waals surface area contributed by atoms with Gasteiger partial charge in [0, 0.05) is 19.6 Å². The van der Waals surface area contributed by atoms with Crippen LogP contribution in [0.4, 0.5) is 0 Å². The third-order valence-corrected chi connectivity index (χ3v) is 4.45. The molecule has 0 unspecified atom stereocenters. The van der Waals surface area contributed by atoms with Gasteiger partial charge in [0.25, 0.3) is 0 Å². The van der Waals surface area contributed by atoms with Crippen LogP contribution in [0.3, 0.4) is 0 Å². The van der Waals surface area contributed by atoms with Gasteiger partial charge in [0.05, 0.1) is 12.5 Å². The van der Waals surface area contributed by atoms with Gasteiger partial charge in [-0.2, -0.15) is 0 Å². The molecule has 5 nitrogen and oxygen atoms in total. The molecular weight excluding hydrogens is 266 g/mol. The maximum absolute atomic E-state index is 11.7. The van der Waals surface area contributed by atoms with Crippen molar-refractivity contribution in [3.8, 4) is 0 Å². The second-order valence-corrected chi connectivity index (χ2v) is 6.18. The van der Waals surface area contributed by atoms with Crippen LogP contribution in [0.5, 0.6) is 0 Å². The van der Waals surface area contributed by atoms with Crippen LogP contribution in [0, 0.1) is 11.8 Å². The number of carbonyl (C=O) groups is 1. The normalized spacial score (nSPS) is 26.3. The molecule has 21 heavy (non-hydrogen) atoms. The van der Waals surface area contributed by atoms with Crippen LogP contribution in [0.15, 0.2) is 4.99 Å². The fourth-order valence-corrected chi connectivity index (χ4v) is 2.92. The lowest BCUT2D eigenvalue weighted by atomic mass is 9.86. The highest BCUT2D eigenvalue weighted by atomic mass is 16.5. The fourth-order valence-electron chi connectivity index (χ4n) is 2.92. The molecule has 0 spiro atoms. The molecule has 0 saturated heterocycles. The van der Waals surface area contributed by atoms with E-state index in [-0.39, 0.29) is 11.9 Å². The van der Waals surface area contributed by atoms with Gasteiger partial charge in [-0.25, -0.2) is 0 Å². The maximum Gasteiger partial charge on any atom is 0.308 e. The number of aliphatic imine (C=N–C) groups is 1. The highest BCUT2D eigenvalue weighted by Crippen LogP contribution is 2.31. The van der Waals surface area contributed by atoms with Crippen LogP contribution >= 0.6 is 0 Å². The summed E-state index contributed by atoms with van der Waals surface area (Å²) < 4.78 is 5.10. The molecule has 2 aliphatic rings. The predicted octanol–water partition coefficient (Wildman–Crippen LogP) is 2.07. The molecule has 2 N–H and O–H groups in total. The summed E-state index contributed by atoms with van der Waals surface area (Å²) in [6.07, 6.45) is 7.87. The van der Waals surface area contributed by atoms with Crippen molar-refractivity contribution in [3.63, 3.8) is 0 Å². The molecule has 2 rings (SSSR count). The van der Waals surface area contributed by atoms with Crippen LogP contribution in [-0.2, 0) is 9.53 Å². The zero-order chi connectivity index (χ0) is 15.1. The molecule has 0 aromatic carbocycles. The van der Waals surface area contributed by atoms with E-state index < -0.39 is 0 Å². The first-order chi connectivity index (χ1) is 10.2. The van der Waals surface area contributed by atoms with Gasteiger partial charge in [-0.05, 0) is 44.9 Å². The minimum absolute atomic E-state index is 0.0251. The smallest absolute Gasteiger partial charge is 0.308 e. The first-order valence-electron chi connectivity index (χ1n) is 8.36. The van der Waals surface area contributed by atoms with E-state index in [1.54, 1.807) is 0 Å². The average Bonchev–Trinajstić information content (AvgIpc) is 3.31. The number of nitrogens with zero attached hydrogens (tertiary/aromatic N) is 1. The molecule has 0 radical (unpaired) electrons. The minimum Gasteiger partial charge on any atom is -0.466 e. The molecule has 2 aliphatic carbocycles. The van der Waals surface area contributed by atoms with Crippen molar-refractivity contribution < 1.29 is 9.53 Å². The van der Waals surface area contributed by atoms with Crippen molar-refractivity contribution in [1.29, 1.82) is 0 Å². The Morgan fingerprint density at radius 1 is 1.19 bits per heavy atom. The third kappa shape index (κ3) is 5.56. The van der Waals surface area contributed by atoms with Gasteiger partial charge in [0.15, 0.2) is 5.96 Å². The van der Waals surface area contributed by atoms with Crippen molar-refractivity contribution >= 4 is 11.9 Å². The van der Waals surface area contributed by atoms with E-state index in [2.05, 4.69) is 15.6 Å². The first kappa shape index (κ1) is 16.1. The molecule has 5 heteroatoms. The summed E-state index contributed by atoms with van der Waals surface area (Å²) in [5, 5.41) is 6.87. The number of carbonyl (C=O) groups excluding carboxylic acids is 1. The molecule has 0 atom stereocenters. The monoisotopic (exact) mass is 295 g/mol. The van der Waals surface area contributed by atoms with Gasteiger partial charge >= 0.3 is 5.97 Å². The van der Waals surface area contributed by atoms with Crippen molar-refractivity contribution in [2.45, 2.75) is 57.9 Å². The van der Waals surface area contributed by atoms with Crippen molar-refractivity contribution in [3.05, 3.63) is 0 Å². The minimum atomic E-state index is -0.0251. The second-order valence-electron chi connectivity index (χ2n) is 6.18. The lowest BCUT2D eigenvalue weighted by Crippen LogP contribution is -2.45. The fraction of sp³-hybridized carbons (Fsp3) is 0.875. The molecule has 0 aromatic rings. The second kappa shape index (κ2) is 8.25. The van der Waals surface area contributed by atoms with E-state index in [4.69, 9.17) is 4.74 Å². The average molecular weight is 295 g/mol. The predicted molar refractivity (Wildman–Crippen MR) is 84.2 cm³/mol. The van der Waals surface area contributed by atoms with Gasteiger partial charge in [0.1, 0.15) is 0 Å². The zero-order valence-electron chi connectivity index (χ0n) is 13.4. The van der Waals surface area contributed by atoms with E-state index in [0.717, 1.165) is 44.1 Å². The third-order valence-electron chi connectivity index (χ3n) is 4.45. The summed E-state index contributed by atoms with van der Waals surface area (Å²) in [5.41, 5.74) is 0. The Balaban J connectivity index is 1.65. The van der Waals surface area contributed by atoms with Gasteiger partial charge < -0.3 is 15.4 Å². The summed E-state index contributed by atoms with van der Waals surface area (Å²) in [5.74, 6) is 1.90. The van der Waals surface area contributed by atoms with E-state index in [1.165, 1.54) is 19.3 Å². The number of nitrogens with one attached hydrogen (secondary N) is 2. The summed E-state index contributed by atoms with van der Waals surface area (Å²) in [4.78, 5) is 16.0. The SMILES string of the molecule is CCOC(=O)C1CCC(NC(=NC)NCCC2CC2)CC1. The highest BCUT2D eigenvalue weighted by Gasteiger charge is 2.27. The van der Waals surface area contributed by atoms with Gasteiger partial charge in [-0.3, -0.25) is 9.79 Å². The lowest BCUT2D eigenvalue weighted by molar-refractivity contribution is -0.149. The van der Waals surface area contributed by atoms with Crippen LogP contribution in [0.2, 0.25) is 0 Å². The molecule has 0 aliphatic heterocycles. The Morgan fingerprint density at radius 2 is 1.90 bits per heavy atom. The Hall–Kier alpha value is -1.26. The maximum atomic E-state index is 11.7. The van der Waals surface area contributed by atoms with Gasteiger partial charge in [0.2, 0.25) is 0 Å². The molecule has 2 saturated carbocycles. The molecule has 120 valence electrons. The first-order valence-corrected chi connectivity index (χ1v) is 8.36. The van der Waals surface area contributed by atoms with Crippen LogP contribution in [-0.4, -0.2) is 38.2 Å². The molecule has 0 bridgehead atoms. The summed E-state index contributed by atoms with van der Waals surface area (Å²) >= 11 is 0. The summed E-state index contributed by atoms with van der Waals surface area (Å²) in [6, 6.07) is 0.419. The van der Waals surface area contributed by atoms with Crippen LogP contribution in [0.25, 0.3) is 0 Å². The van der Waals surface area contributed by atoms with E-state index >= 15 is 0 Å². The van der Waals surface area contributed by atoms with E-state index in [9.17, 15) is 4.79 Å². The van der Waals surface area contributed by atoms with E-state index in [1.807, 2.05) is 14.0 Å². The molecular formula is C16H29N3O2. The Bertz CT molecular complexity index is 359. The highest BCUT2D eigenvalue weighted by molar-refractivity contribution is 5.80. The summed E-state index contributed by atoms with van der Waals surface area (Å²) in [7, 11) is 1.82.